The summed E-state index contributed by atoms with van der Waals surface area (Å²) in [7, 11) is 3.77. The van der Waals surface area contributed by atoms with Crippen LogP contribution in [-0.2, 0) is 16.1 Å². The summed E-state index contributed by atoms with van der Waals surface area (Å²) in [4.78, 5) is 47.9. The first-order valence-electron chi connectivity index (χ1n) is 8.71. The summed E-state index contributed by atoms with van der Waals surface area (Å²) in [6.07, 6.45) is 1.28. The summed E-state index contributed by atoms with van der Waals surface area (Å²) >= 11 is 0. The van der Waals surface area contributed by atoms with Gasteiger partial charge in [-0.15, -0.1) is 0 Å². The molecule has 162 valence electrons. The van der Waals surface area contributed by atoms with Crippen LogP contribution < -0.4 is 14.8 Å². The number of hydrogen-bond acceptors (Lipinski definition) is 9. The summed E-state index contributed by atoms with van der Waals surface area (Å²) in [5.41, 5.74) is -0.236. The lowest BCUT2D eigenvalue weighted by atomic mass is 10.1. The molecule has 12 heteroatoms. The van der Waals surface area contributed by atoms with Crippen LogP contribution in [0.15, 0.2) is 34.4 Å². The van der Waals surface area contributed by atoms with Crippen molar-refractivity contribution in [3.63, 3.8) is 0 Å². The van der Waals surface area contributed by atoms with Crippen LogP contribution in [0.2, 0.25) is 0 Å². The van der Waals surface area contributed by atoms with Gasteiger partial charge in [0.2, 0.25) is 11.5 Å². The van der Waals surface area contributed by atoms with Gasteiger partial charge in [-0.3, -0.25) is 19.8 Å². The molecule has 0 aliphatic carbocycles. The second-order valence-electron chi connectivity index (χ2n) is 6.17. The van der Waals surface area contributed by atoms with E-state index in [4.69, 9.17) is 13.9 Å². The average molecular weight is 431 g/mol. The van der Waals surface area contributed by atoms with Gasteiger partial charge < -0.3 is 23.9 Å². The van der Waals surface area contributed by atoms with Gasteiger partial charge in [-0.05, 0) is 29.8 Å². The molecule has 1 aromatic carbocycles. The zero-order valence-electron chi connectivity index (χ0n) is 16.7. The van der Waals surface area contributed by atoms with Crippen LogP contribution in [0.4, 0.5) is 10.5 Å². The first kappa shape index (κ1) is 21.4. The quantitative estimate of drug-likeness (QED) is 0.228. The average Bonchev–Trinajstić information content (AvgIpc) is 3.33. The second kappa shape index (κ2) is 8.57. The molecule has 1 saturated heterocycles. The van der Waals surface area contributed by atoms with Gasteiger partial charge >= 0.3 is 17.7 Å². The number of nitrogens with zero attached hydrogens (tertiary/aromatic N) is 2. The normalized spacial score (nSPS) is 14.5. The minimum absolute atomic E-state index is 0.0713. The molecule has 1 aliphatic heterocycles. The highest BCUT2D eigenvalue weighted by molar-refractivity contribution is 6.13. The molecule has 31 heavy (non-hydrogen) atoms. The molecular formula is C19H17N3O9. The van der Waals surface area contributed by atoms with Crippen molar-refractivity contribution in [3.05, 3.63) is 57.2 Å². The van der Waals surface area contributed by atoms with Crippen LogP contribution in [0.25, 0.3) is 6.08 Å². The third-order valence-corrected chi connectivity index (χ3v) is 4.31. The molecule has 1 aliphatic rings. The van der Waals surface area contributed by atoms with E-state index in [9.17, 15) is 24.5 Å². The Kier molecular flexibility index (Phi) is 5.90. The molecule has 2 aromatic rings. The predicted octanol–water partition coefficient (Wildman–Crippen LogP) is 2.08. The highest BCUT2D eigenvalue weighted by atomic mass is 16.6. The van der Waals surface area contributed by atoms with E-state index in [-0.39, 0.29) is 46.5 Å². The lowest BCUT2D eigenvalue weighted by Crippen LogP contribution is -2.30. The largest absolute Gasteiger partial charge is 0.493 e. The van der Waals surface area contributed by atoms with Gasteiger partial charge in [0.1, 0.15) is 11.5 Å². The molecule has 0 atom stereocenters. The van der Waals surface area contributed by atoms with Crippen molar-refractivity contribution in [2.75, 3.05) is 21.3 Å². The van der Waals surface area contributed by atoms with Crippen molar-refractivity contribution >= 4 is 29.7 Å². The minimum Gasteiger partial charge on any atom is -0.493 e. The first-order valence-corrected chi connectivity index (χ1v) is 8.71. The molecule has 0 radical (unpaired) electrons. The number of nitro groups is 1. The van der Waals surface area contributed by atoms with Crippen LogP contribution in [0.5, 0.6) is 11.5 Å². The Morgan fingerprint density at radius 3 is 2.58 bits per heavy atom. The number of rotatable bonds is 7. The number of nitrogens with one attached hydrogen (secondary N) is 1. The topological polar surface area (TPSA) is 150 Å². The second-order valence-corrected chi connectivity index (χ2v) is 6.17. The Labute approximate surface area is 175 Å². The number of ether oxygens (including phenoxy) is 3. The monoisotopic (exact) mass is 431 g/mol. The molecule has 0 saturated carbocycles. The maximum atomic E-state index is 12.7. The summed E-state index contributed by atoms with van der Waals surface area (Å²) in [6.45, 7) is -0.231. The van der Waals surface area contributed by atoms with Gasteiger partial charge in [-0.1, -0.05) is 0 Å². The number of benzene rings is 1. The Hall–Kier alpha value is -4.35. The van der Waals surface area contributed by atoms with E-state index in [1.807, 2.05) is 0 Å². The minimum atomic E-state index is -0.720. The fourth-order valence-corrected chi connectivity index (χ4v) is 2.89. The van der Waals surface area contributed by atoms with E-state index in [0.717, 1.165) is 4.90 Å². The highest BCUT2D eigenvalue weighted by Gasteiger charge is 2.34. The number of carbonyl (C=O) groups excluding carboxylic acids is 3. The van der Waals surface area contributed by atoms with Crippen molar-refractivity contribution in [1.29, 1.82) is 0 Å². The molecule has 12 nitrogen and oxygen atoms in total. The predicted molar refractivity (Wildman–Crippen MR) is 103 cm³/mol. The van der Waals surface area contributed by atoms with E-state index in [0.29, 0.717) is 0 Å². The number of hydrogen-bond donors (Lipinski definition) is 1. The van der Waals surface area contributed by atoms with Gasteiger partial charge in [-0.25, -0.2) is 9.59 Å². The summed E-state index contributed by atoms with van der Waals surface area (Å²) in [6, 6.07) is 4.69. The van der Waals surface area contributed by atoms with E-state index >= 15 is 0 Å². The van der Waals surface area contributed by atoms with Crippen molar-refractivity contribution in [2.45, 2.75) is 6.54 Å². The Morgan fingerprint density at radius 2 is 1.97 bits per heavy atom. The first-order chi connectivity index (χ1) is 14.8. The van der Waals surface area contributed by atoms with E-state index in [1.54, 1.807) is 0 Å². The Morgan fingerprint density at radius 1 is 1.23 bits per heavy atom. The molecule has 3 amide bonds. The molecule has 0 bridgehead atoms. The Balaban J connectivity index is 1.88. The van der Waals surface area contributed by atoms with Gasteiger partial charge in [-0.2, -0.15) is 0 Å². The number of nitro benzene ring substituents is 1. The smallest absolute Gasteiger partial charge is 0.373 e. The summed E-state index contributed by atoms with van der Waals surface area (Å²) in [5.74, 6) is -1.25. The number of amides is 3. The molecule has 0 spiro atoms. The molecule has 3 rings (SSSR count). The number of methoxy groups -OCH3 is 3. The van der Waals surface area contributed by atoms with E-state index in [1.165, 1.54) is 51.7 Å². The number of carbonyl (C=O) groups is 3. The highest BCUT2D eigenvalue weighted by Crippen LogP contribution is 2.38. The SMILES string of the molecule is COC(=O)c1ccc(CN2C(=O)N/C(=C\c3cc(OC)c(OC)c([N+](=O)[O-])c3)C2=O)o1. The van der Waals surface area contributed by atoms with Crippen LogP contribution >= 0.6 is 0 Å². The van der Waals surface area contributed by atoms with Crippen LogP contribution in [0.3, 0.4) is 0 Å². The fraction of sp³-hybridized carbons (Fsp3) is 0.211. The van der Waals surface area contributed by atoms with Crippen LogP contribution in [0, 0.1) is 10.1 Å². The molecule has 2 heterocycles. The van der Waals surface area contributed by atoms with Crippen LogP contribution in [-0.4, -0.2) is 49.1 Å². The summed E-state index contributed by atoms with van der Waals surface area (Å²) < 4.78 is 20.0. The van der Waals surface area contributed by atoms with Crippen molar-refractivity contribution in [3.8, 4) is 11.5 Å². The molecule has 1 N–H and O–H groups in total. The lowest BCUT2D eigenvalue weighted by molar-refractivity contribution is -0.385. The molecular weight excluding hydrogens is 414 g/mol. The Bertz CT molecular complexity index is 1100. The zero-order chi connectivity index (χ0) is 22.7. The van der Waals surface area contributed by atoms with Gasteiger partial charge in [0.25, 0.3) is 5.91 Å². The number of esters is 1. The van der Waals surface area contributed by atoms with E-state index < -0.39 is 22.8 Å². The van der Waals surface area contributed by atoms with Crippen molar-refractivity contribution in [1.82, 2.24) is 10.2 Å². The zero-order valence-corrected chi connectivity index (χ0v) is 16.7. The molecule has 1 aromatic heterocycles. The summed E-state index contributed by atoms with van der Waals surface area (Å²) in [5, 5.41) is 13.7. The lowest BCUT2D eigenvalue weighted by Gasteiger charge is -2.10. The van der Waals surface area contributed by atoms with E-state index in [2.05, 4.69) is 10.1 Å². The standard InChI is InChI=1S/C19H17N3O9/c1-28-15-8-10(7-13(22(26)27)16(15)29-2)6-12-17(23)21(19(25)20-12)9-11-4-5-14(31-11)18(24)30-3/h4-8H,9H2,1-3H3,(H,20,25)/b12-6-. The maximum Gasteiger partial charge on any atom is 0.373 e. The number of urea groups is 1. The van der Waals surface area contributed by atoms with Gasteiger partial charge in [0, 0.05) is 6.07 Å². The van der Waals surface area contributed by atoms with Crippen molar-refractivity contribution < 1.29 is 37.9 Å². The number of imide groups is 1. The third kappa shape index (κ3) is 4.17. The molecule has 0 unspecified atom stereocenters. The van der Waals surface area contributed by atoms with Crippen LogP contribution in [0.1, 0.15) is 21.9 Å². The van der Waals surface area contributed by atoms with Crippen molar-refractivity contribution in [2.24, 2.45) is 0 Å². The third-order valence-electron chi connectivity index (χ3n) is 4.31. The maximum absolute atomic E-state index is 12.7. The number of furan rings is 1. The molecule has 1 fully saturated rings. The van der Waals surface area contributed by atoms with Gasteiger partial charge in [0.05, 0.1) is 32.8 Å². The fourth-order valence-electron chi connectivity index (χ4n) is 2.89. The van der Waals surface area contributed by atoms with Gasteiger partial charge in [0.15, 0.2) is 5.75 Å².